The van der Waals surface area contributed by atoms with E-state index in [2.05, 4.69) is 10.4 Å². The van der Waals surface area contributed by atoms with E-state index in [9.17, 15) is 4.79 Å². The number of nitrogens with zero attached hydrogens (tertiary/aromatic N) is 2. The smallest absolute Gasteiger partial charge is 0.264 e. The molecule has 2 atom stereocenters. The third-order valence-electron chi connectivity index (χ3n) is 3.21. The minimum atomic E-state index is -0.625. The molecule has 1 aromatic heterocycles. The van der Waals surface area contributed by atoms with Gasteiger partial charge in [-0.3, -0.25) is 9.48 Å². The quantitative estimate of drug-likeness (QED) is 0.918. The van der Waals surface area contributed by atoms with Crippen LogP contribution >= 0.6 is 0 Å². The van der Waals surface area contributed by atoms with Crippen LogP contribution in [-0.2, 0) is 11.3 Å². The molecule has 6 heteroatoms. The third-order valence-corrected chi connectivity index (χ3v) is 3.21. The molecule has 1 amide bonds. The number of para-hydroxylation sites is 2. The molecule has 0 saturated heterocycles. The number of carbonyl (C=O) groups is 1. The minimum Gasteiger partial charge on any atom is -0.485 e. The summed E-state index contributed by atoms with van der Waals surface area (Å²) in [5, 5.41) is 7.03. The van der Waals surface area contributed by atoms with Crippen molar-refractivity contribution in [3.8, 4) is 11.5 Å². The van der Waals surface area contributed by atoms with E-state index in [0.717, 1.165) is 0 Å². The van der Waals surface area contributed by atoms with Gasteiger partial charge in [0.05, 0.1) is 6.54 Å². The Labute approximate surface area is 122 Å². The van der Waals surface area contributed by atoms with Gasteiger partial charge in [-0.1, -0.05) is 12.1 Å². The largest absolute Gasteiger partial charge is 0.485 e. The summed E-state index contributed by atoms with van der Waals surface area (Å²) >= 11 is 0. The van der Waals surface area contributed by atoms with Gasteiger partial charge in [0, 0.05) is 18.4 Å². The van der Waals surface area contributed by atoms with Crippen molar-refractivity contribution in [2.75, 3.05) is 6.61 Å². The Morgan fingerprint density at radius 2 is 2.24 bits per heavy atom. The van der Waals surface area contributed by atoms with Crippen LogP contribution in [0.3, 0.4) is 0 Å². The Morgan fingerprint density at radius 3 is 3.00 bits per heavy atom. The highest BCUT2D eigenvalue weighted by molar-refractivity contribution is 5.82. The summed E-state index contributed by atoms with van der Waals surface area (Å²) in [7, 11) is 0. The number of carbonyl (C=O) groups excluding carboxylic acids is 1. The second kappa shape index (κ2) is 5.87. The van der Waals surface area contributed by atoms with Crippen LogP contribution in [0.25, 0.3) is 0 Å². The molecule has 2 aromatic rings. The summed E-state index contributed by atoms with van der Waals surface area (Å²) in [6, 6.07) is 9.14. The first-order chi connectivity index (χ1) is 10.2. The molecule has 1 aromatic carbocycles. The average molecular weight is 287 g/mol. The molecule has 0 radical (unpaired) electrons. The predicted octanol–water partition coefficient (Wildman–Crippen LogP) is 1.23. The lowest BCUT2D eigenvalue weighted by atomic mass is 10.2. The van der Waals surface area contributed by atoms with Crippen LogP contribution in [0.5, 0.6) is 11.5 Å². The Morgan fingerprint density at radius 1 is 1.43 bits per heavy atom. The van der Waals surface area contributed by atoms with E-state index in [0.29, 0.717) is 18.0 Å². The van der Waals surface area contributed by atoms with Crippen LogP contribution in [0.4, 0.5) is 0 Å². The summed E-state index contributed by atoms with van der Waals surface area (Å²) < 4.78 is 13.0. The second-order valence-corrected chi connectivity index (χ2v) is 5.00. The fourth-order valence-electron chi connectivity index (χ4n) is 2.22. The lowest BCUT2D eigenvalue weighted by Crippen LogP contribution is -2.47. The molecule has 6 nitrogen and oxygen atoms in total. The highest BCUT2D eigenvalue weighted by atomic mass is 16.6. The second-order valence-electron chi connectivity index (χ2n) is 5.00. The monoisotopic (exact) mass is 287 g/mol. The molecule has 21 heavy (non-hydrogen) atoms. The maximum Gasteiger partial charge on any atom is 0.264 e. The SMILES string of the molecule is C[C@@H](Cn1cccn1)NC(=O)[C@H]1COc2ccccc2O1. The number of amides is 1. The molecular weight excluding hydrogens is 270 g/mol. The Hall–Kier alpha value is -2.50. The zero-order valence-electron chi connectivity index (χ0n) is 11.7. The van der Waals surface area contributed by atoms with Crippen molar-refractivity contribution >= 4 is 5.91 Å². The van der Waals surface area contributed by atoms with E-state index in [1.54, 1.807) is 16.9 Å². The number of hydrogen-bond donors (Lipinski definition) is 1. The van der Waals surface area contributed by atoms with Gasteiger partial charge in [0.15, 0.2) is 11.5 Å². The van der Waals surface area contributed by atoms with Crippen LogP contribution < -0.4 is 14.8 Å². The molecule has 0 spiro atoms. The van der Waals surface area contributed by atoms with Gasteiger partial charge in [-0.15, -0.1) is 0 Å². The number of ether oxygens (including phenoxy) is 2. The molecule has 0 unspecified atom stereocenters. The van der Waals surface area contributed by atoms with Gasteiger partial charge in [0.1, 0.15) is 6.61 Å². The van der Waals surface area contributed by atoms with Crippen LogP contribution in [0.15, 0.2) is 42.7 Å². The number of benzene rings is 1. The summed E-state index contributed by atoms with van der Waals surface area (Å²) in [4.78, 5) is 12.2. The van der Waals surface area contributed by atoms with Gasteiger partial charge >= 0.3 is 0 Å². The summed E-state index contributed by atoms with van der Waals surface area (Å²) in [6.45, 7) is 2.76. The number of fused-ring (bicyclic) bond motifs is 1. The molecule has 1 aliphatic heterocycles. The predicted molar refractivity (Wildman–Crippen MR) is 76.2 cm³/mol. The highest BCUT2D eigenvalue weighted by Gasteiger charge is 2.27. The van der Waals surface area contributed by atoms with Gasteiger partial charge in [-0.05, 0) is 25.1 Å². The first kappa shape index (κ1) is 13.5. The van der Waals surface area contributed by atoms with Crippen molar-refractivity contribution in [1.29, 1.82) is 0 Å². The molecular formula is C15H17N3O3. The van der Waals surface area contributed by atoms with Crippen LogP contribution in [0.1, 0.15) is 6.92 Å². The number of aromatic nitrogens is 2. The van der Waals surface area contributed by atoms with Crippen LogP contribution in [0, 0.1) is 0 Å². The zero-order chi connectivity index (χ0) is 14.7. The third kappa shape index (κ3) is 3.16. The van der Waals surface area contributed by atoms with Crippen molar-refractivity contribution in [2.45, 2.75) is 25.6 Å². The van der Waals surface area contributed by atoms with Crippen molar-refractivity contribution < 1.29 is 14.3 Å². The maximum absolute atomic E-state index is 12.2. The normalized spacial score (nSPS) is 18.0. The van der Waals surface area contributed by atoms with Gasteiger partial charge in [-0.25, -0.2) is 0 Å². The van der Waals surface area contributed by atoms with E-state index < -0.39 is 6.10 Å². The van der Waals surface area contributed by atoms with Gasteiger partial charge < -0.3 is 14.8 Å². The topological polar surface area (TPSA) is 65.4 Å². The molecule has 1 N–H and O–H groups in total. The fourth-order valence-corrected chi connectivity index (χ4v) is 2.22. The van der Waals surface area contributed by atoms with Gasteiger partial charge in [0.2, 0.25) is 6.10 Å². The standard InChI is InChI=1S/C15H17N3O3/c1-11(9-18-8-4-7-16-18)17-15(19)14-10-20-12-5-2-3-6-13(12)21-14/h2-8,11,14H,9-10H2,1H3,(H,17,19)/t11-,14+/m0/s1. The first-order valence-electron chi connectivity index (χ1n) is 6.88. The Balaban J connectivity index is 1.56. The maximum atomic E-state index is 12.2. The zero-order valence-corrected chi connectivity index (χ0v) is 11.7. The van der Waals surface area contributed by atoms with Crippen molar-refractivity contribution in [1.82, 2.24) is 15.1 Å². The molecule has 2 heterocycles. The van der Waals surface area contributed by atoms with Crippen LogP contribution in [-0.4, -0.2) is 34.4 Å². The van der Waals surface area contributed by atoms with E-state index in [-0.39, 0.29) is 18.6 Å². The van der Waals surface area contributed by atoms with Crippen LogP contribution in [0.2, 0.25) is 0 Å². The first-order valence-corrected chi connectivity index (χ1v) is 6.88. The lowest BCUT2D eigenvalue weighted by Gasteiger charge is -2.26. The fraction of sp³-hybridized carbons (Fsp3) is 0.333. The highest BCUT2D eigenvalue weighted by Crippen LogP contribution is 2.30. The van der Waals surface area contributed by atoms with Crippen molar-refractivity contribution in [2.24, 2.45) is 0 Å². The number of rotatable bonds is 4. The molecule has 0 fully saturated rings. The molecule has 110 valence electrons. The van der Waals surface area contributed by atoms with Crippen molar-refractivity contribution in [3.63, 3.8) is 0 Å². The molecule has 0 aliphatic carbocycles. The van der Waals surface area contributed by atoms with Gasteiger partial charge in [-0.2, -0.15) is 5.10 Å². The number of nitrogens with one attached hydrogen (secondary N) is 1. The van der Waals surface area contributed by atoms with E-state index in [1.165, 1.54) is 0 Å². The Bertz CT molecular complexity index is 612. The number of hydrogen-bond acceptors (Lipinski definition) is 4. The molecule has 1 aliphatic rings. The van der Waals surface area contributed by atoms with Gasteiger partial charge in [0.25, 0.3) is 5.91 Å². The average Bonchev–Trinajstić information content (AvgIpc) is 2.99. The van der Waals surface area contributed by atoms with E-state index in [4.69, 9.17) is 9.47 Å². The summed E-state index contributed by atoms with van der Waals surface area (Å²) in [6.07, 6.45) is 2.95. The van der Waals surface area contributed by atoms with Crippen molar-refractivity contribution in [3.05, 3.63) is 42.7 Å². The molecule has 3 rings (SSSR count). The lowest BCUT2D eigenvalue weighted by molar-refractivity contribution is -0.131. The van der Waals surface area contributed by atoms with E-state index in [1.807, 2.05) is 37.4 Å². The minimum absolute atomic E-state index is 0.0434. The Kier molecular flexibility index (Phi) is 3.77. The summed E-state index contributed by atoms with van der Waals surface area (Å²) in [5.74, 6) is 1.10. The molecule has 0 saturated carbocycles. The molecule has 0 bridgehead atoms. The van der Waals surface area contributed by atoms with E-state index >= 15 is 0 Å². The summed E-state index contributed by atoms with van der Waals surface area (Å²) in [5.41, 5.74) is 0.